The number of esters is 2. The van der Waals surface area contributed by atoms with E-state index in [9.17, 15) is 47.9 Å². The molecule has 0 radical (unpaired) electrons. The Bertz CT molecular complexity index is 4000. The highest BCUT2D eigenvalue weighted by atomic mass is 16.6. The molecular weight excluding hydrogens is 1440 g/mol. The number of aromatic nitrogens is 1. The van der Waals surface area contributed by atoms with Gasteiger partial charge in [0.25, 0.3) is 0 Å². The number of amides is 12. The van der Waals surface area contributed by atoms with E-state index in [1.165, 1.54) is 22.7 Å². The Morgan fingerprint density at radius 3 is 1.72 bits per heavy atom. The zero-order valence-electron chi connectivity index (χ0n) is 67.1. The molecule has 32 nitrogen and oxygen atoms in total. The van der Waals surface area contributed by atoms with E-state index in [-0.39, 0.29) is 77.7 Å². The van der Waals surface area contributed by atoms with E-state index in [0.717, 1.165) is 9.80 Å². The van der Waals surface area contributed by atoms with E-state index < -0.39 is 174 Å². The van der Waals surface area contributed by atoms with E-state index in [4.69, 9.17) is 18.9 Å². The van der Waals surface area contributed by atoms with Gasteiger partial charge in [-0.3, -0.25) is 67.0 Å². The van der Waals surface area contributed by atoms with Crippen LogP contribution in [0.25, 0.3) is 10.9 Å². The van der Waals surface area contributed by atoms with Gasteiger partial charge < -0.3 is 81.5 Å². The quantitative estimate of drug-likeness (QED) is 0.0390. The van der Waals surface area contributed by atoms with Crippen molar-refractivity contribution < 1.29 is 86.1 Å². The predicted molar refractivity (Wildman–Crippen MR) is 414 cm³/mol. The molecule has 0 saturated carbocycles. The minimum atomic E-state index is -1.76. The van der Waals surface area contributed by atoms with E-state index in [1.807, 2.05) is 32.6 Å². The van der Waals surface area contributed by atoms with Crippen LogP contribution in [0.15, 0.2) is 85.1 Å². The van der Waals surface area contributed by atoms with Crippen LogP contribution in [0.4, 0.5) is 9.59 Å². The second-order valence-corrected chi connectivity index (χ2v) is 32.4. The molecule has 4 heterocycles. The van der Waals surface area contributed by atoms with Crippen molar-refractivity contribution in [2.75, 3.05) is 72.5 Å². The summed E-state index contributed by atoms with van der Waals surface area (Å²) >= 11 is 0. The van der Waals surface area contributed by atoms with Gasteiger partial charge in [0, 0.05) is 77.2 Å². The van der Waals surface area contributed by atoms with E-state index in [0.29, 0.717) is 65.7 Å². The second kappa shape index (κ2) is 40.0. The highest BCUT2D eigenvalue weighted by molar-refractivity contribution is 6.00. The number of nitrogens with one attached hydrogen (secondary N) is 9. The topological polar surface area (TPSA) is 402 Å². The molecule has 3 saturated heterocycles. The molecule has 112 heavy (non-hydrogen) atoms. The van der Waals surface area contributed by atoms with Crippen molar-refractivity contribution in [1.29, 1.82) is 0 Å². The van der Waals surface area contributed by atoms with Crippen molar-refractivity contribution in [3.63, 3.8) is 0 Å². The zero-order valence-corrected chi connectivity index (χ0v) is 67.1. The molecule has 3 aromatic carbocycles. The molecule has 9 N–H and O–H groups in total. The molecule has 0 spiro atoms. The molecule has 3 fully saturated rings. The summed E-state index contributed by atoms with van der Waals surface area (Å²) in [7, 11) is 1.35. The Labute approximate surface area is 654 Å². The average Bonchev–Trinajstić information content (AvgIpc) is 1.63. The first-order valence-corrected chi connectivity index (χ1v) is 38.3. The lowest BCUT2D eigenvalue weighted by Gasteiger charge is -2.34. The standard InChI is InChI=1S/C80H114N14O18/c1-15-16-18-27-55-69(101)87-58(43-52-48-94(76(108)112-80(11,12)13)60-28-22-21-26-54(52)60)68(100)83-46-64(96)85-56(34-35-81-75(107)92-39-37-91(38-40-92)49-67(99)111-79(8,9)10)70(102)89-59(44-66(98)110-78(5,6)7)74(106)93-36-23-29-61(93)72(104)84-45-63(95)82-47-65(97)90(14)62(42-50-24-19-17-20-25-50)73(105)88-57(71(103)86-55)41-51-30-32-53(33-31-51)109-77(2,3)4/h17,19-22,24-26,28,30-33,48,55-59,61-62H,15-16,18,23,27,29,34-47,49H2,1-14H3,(H,81,107)(H,82,95)(H,83,100)(H,84,104)(H,85,96)(H,86,103)(H,87,101)(H,88,105)(H,89,102)/t55-,56-,57-,58-,59-,61+,62-/m0/s1. The molecule has 3 aliphatic rings. The molecular formula is C80H114N14O18. The number of benzene rings is 3. The van der Waals surface area contributed by atoms with Crippen molar-refractivity contribution in [3.05, 3.63) is 102 Å². The minimum Gasteiger partial charge on any atom is -0.488 e. The van der Waals surface area contributed by atoms with Crippen LogP contribution < -0.4 is 52.6 Å². The molecule has 32 heteroatoms. The van der Waals surface area contributed by atoms with Crippen molar-refractivity contribution in [2.45, 2.75) is 225 Å². The van der Waals surface area contributed by atoms with E-state index in [2.05, 4.69) is 47.9 Å². The van der Waals surface area contributed by atoms with Crippen LogP contribution in [0.2, 0.25) is 0 Å². The number of hydrogen-bond donors (Lipinski definition) is 9. The van der Waals surface area contributed by atoms with Crippen molar-refractivity contribution in [1.82, 2.24) is 72.0 Å². The molecule has 3 aliphatic heterocycles. The third-order valence-electron chi connectivity index (χ3n) is 18.3. The number of carbonyl (C=O) groups excluding carboxylic acids is 14. The summed E-state index contributed by atoms with van der Waals surface area (Å²) in [5.41, 5.74) is -1.41. The number of urea groups is 1. The van der Waals surface area contributed by atoms with Crippen molar-refractivity contribution >= 4 is 94.0 Å². The fraction of sp³-hybridized carbons (Fsp3) is 0.575. The van der Waals surface area contributed by atoms with Crippen molar-refractivity contribution in [2.24, 2.45) is 0 Å². The molecule has 12 amide bonds. The lowest BCUT2D eigenvalue weighted by atomic mass is 10.00. The highest BCUT2D eigenvalue weighted by Crippen LogP contribution is 2.27. The van der Waals surface area contributed by atoms with Gasteiger partial charge in [-0.15, -0.1) is 0 Å². The van der Waals surface area contributed by atoms with Crippen molar-refractivity contribution in [3.8, 4) is 5.75 Å². The number of piperazine rings is 1. The molecule has 7 rings (SSSR count). The molecule has 1 aromatic heterocycles. The second-order valence-electron chi connectivity index (χ2n) is 32.4. The molecule has 612 valence electrons. The number of rotatable bonds is 18. The molecule has 0 bridgehead atoms. The monoisotopic (exact) mass is 1560 g/mol. The number of nitrogens with zero attached hydrogens (tertiary/aromatic N) is 5. The maximum Gasteiger partial charge on any atom is 0.419 e. The lowest BCUT2D eigenvalue weighted by molar-refractivity contribution is -0.158. The Morgan fingerprint density at radius 1 is 0.518 bits per heavy atom. The van der Waals surface area contributed by atoms with Gasteiger partial charge in [0.05, 0.1) is 38.1 Å². The summed E-state index contributed by atoms with van der Waals surface area (Å²) in [6.07, 6.45) is 0.912. The number of fused-ring (bicyclic) bond motifs is 2. The Hall–Kier alpha value is -10.7. The van der Waals surface area contributed by atoms with E-state index >= 15 is 19.2 Å². The van der Waals surface area contributed by atoms with Crippen LogP contribution in [0, 0.1) is 0 Å². The van der Waals surface area contributed by atoms with Gasteiger partial charge in [-0.25, -0.2) is 9.59 Å². The summed E-state index contributed by atoms with van der Waals surface area (Å²) in [5.74, 6) is -9.69. The Kier molecular flexibility index (Phi) is 31.6. The molecule has 0 unspecified atom stereocenters. The minimum absolute atomic E-state index is 0.00210. The third kappa shape index (κ3) is 28.3. The Morgan fingerprint density at radius 2 is 1.08 bits per heavy atom. The summed E-state index contributed by atoms with van der Waals surface area (Å²) in [6.45, 7) is 21.1. The number of likely N-dealkylation sites (N-methyl/N-ethyl adjacent to an activating group) is 1. The lowest BCUT2D eigenvalue weighted by Crippen LogP contribution is -2.60. The largest absolute Gasteiger partial charge is 0.488 e. The predicted octanol–water partition coefficient (Wildman–Crippen LogP) is 3.60. The first kappa shape index (κ1) is 88.6. The van der Waals surface area contributed by atoms with Gasteiger partial charge in [0.2, 0.25) is 59.1 Å². The van der Waals surface area contributed by atoms with Crippen LogP contribution >= 0.6 is 0 Å². The highest BCUT2D eigenvalue weighted by Gasteiger charge is 2.42. The fourth-order valence-corrected chi connectivity index (χ4v) is 13.0. The number of ether oxygens (including phenoxy) is 4. The summed E-state index contributed by atoms with van der Waals surface area (Å²) < 4.78 is 24.2. The SMILES string of the molecule is CCCCC[C@@H]1NC(=O)[C@H](Cc2ccc(OC(C)(C)C)cc2)NC(=O)[C@H](Cc2ccccc2)N(C)C(=O)CNC(=O)CNC(=O)[C@H]2CCCN2C(=O)[C@H](CC(=O)OC(C)(C)C)NC(=O)[C@H](CCNC(=O)N2CCN(CC(=O)OC(C)(C)C)CC2)NC(=O)CNC(=O)[C@H](Cc2cn(C(=O)OC(C)(C)C)c3ccccc23)NC1=O. The third-order valence-corrected chi connectivity index (χ3v) is 18.3. The van der Waals surface area contributed by atoms with Gasteiger partial charge >= 0.3 is 24.1 Å². The number of hydrogen-bond acceptors (Lipinski definition) is 19. The molecule has 7 atom stereocenters. The summed E-state index contributed by atoms with van der Waals surface area (Å²) in [4.78, 5) is 207. The van der Waals surface area contributed by atoms with Gasteiger partial charge in [0.15, 0.2) is 0 Å². The van der Waals surface area contributed by atoms with Crippen LogP contribution in [0.3, 0.4) is 0 Å². The molecule has 0 aliphatic carbocycles. The molecule has 4 aromatic rings. The zero-order chi connectivity index (χ0) is 82.4. The maximum absolute atomic E-state index is 15.4. The maximum atomic E-state index is 15.4. The smallest absolute Gasteiger partial charge is 0.419 e. The first-order valence-electron chi connectivity index (χ1n) is 38.3. The average molecular weight is 1560 g/mol. The van der Waals surface area contributed by atoms with Crippen LogP contribution in [0.1, 0.15) is 158 Å². The van der Waals surface area contributed by atoms with Gasteiger partial charge in [-0.05, 0) is 144 Å². The summed E-state index contributed by atoms with van der Waals surface area (Å²) in [5, 5.41) is 24.6. The van der Waals surface area contributed by atoms with Crippen LogP contribution in [-0.4, -0.2) is 244 Å². The Balaban J connectivity index is 1.29. The van der Waals surface area contributed by atoms with Crippen LogP contribution in [-0.2, 0) is 91.0 Å². The number of para-hydroxylation sites is 1. The van der Waals surface area contributed by atoms with Gasteiger partial charge in [-0.2, -0.15) is 0 Å². The normalized spacial score (nSPS) is 21.3. The van der Waals surface area contributed by atoms with Gasteiger partial charge in [0.1, 0.15) is 70.4 Å². The number of unbranched alkanes of at least 4 members (excludes halogenated alkanes) is 2. The van der Waals surface area contributed by atoms with Crippen LogP contribution in [0.5, 0.6) is 5.75 Å². The van der Waals surface area contributed by atoms with Gasteiger partial charge in [-0.1, -0.05) is 86.8 Å². The summed E-state index contributed by atoms with van der Waals surface area (Å²) in [6, 6.07) is 11.3. The first-order chi connectivity index (χ1) is 52.6. The fourth-order valence-electron chi connectivity index (χ4n) is 13.0. The van der Waals surface area contributed by atoms with E-state index in [1.54, 1.807) is 141 Å². The number of carbonyl (C=O) groups is 14.